The van der Waals surface area contributed by atoms with Crippen LogP contribution in [-0.2, 0) is 16.3 Å². The van der Waals surface area contributed by atoms with Gasteiger partial charge in [0.2, 0.25) is 0 Å². The molecule has 0 aromatic heterocycles. The smallest absolute Gasteiger partial charge is 0.389 e. The van der Waals surface area contributed by atoms with Crippen LogP contribution in [0.1, 0.15) is 81.9 Å². The molecule has 0 radical (unpaired) electrons. The van der Waals surface area contributed by atoms with Crippen molar-refractivity contribution in [1.29, 1.82) is 5.26 Å². The molecule has 0 N–H and O–H groups in total. The molecule has 0 saturated heterocycles. The zero-order valence-corrected chi connectivity index (χ0v) is 25.1. The van der Waals surface area contributed by atoms with Crippen molar-refractivity contribution < 1.29 is 26.3 Å². The molecule has 0 unspecified atom stereocenters. The molecule has 0 saturated carbocycles. The van der Waals surface area contributed by atoms with Crippen LogP contribution in [-0.4, -0.2) is 33.2 Å². The molecule has 6 nitrogen and oxygen atoms in total. The molecule has 2 aromatic rings. The van der Waals surface area contributed by atoms with Crippen LogP contribution in [0.4, 0.5) is 18.9 Å². The number of aryl methyl sites for hydroxylation is 1. The monoisotopic (exact) mass is 601 g/mol. The van der Waals surface area contributed by atoms with E-state index in [1.165, 1.54) is 6.07 Å². The van der Waals surface area contributed by atoms with Crippen LogP contribution in [0.5, 0.6) is 5.75 Å². The molecule has 3 rings (SSSR count). The first-order valence-electron chi connectivity index (χ1n) is 14.2. The molecule has 42 heavy (non-hydrogen) atoms. The van der Waals surface area contributed by atoms with Gasteiger partial charge >= 0.3 is 6.18 Å². The Balaban J connectivity index is 1.58. The van der Waals surface area contributed by atoms with Gasteiger partial charge in [0.25, 0.3) is 0 Å². The Morgan fingerprint density at radius 1 is 1.02 bits per heavy atom. The van der Waals surface area contributed by atoms with E-state index in [-0.39, 0.29) is 17.4 Å². The summed E-state index contributed by atoms with van der Waals surface area (Å²) in [6.45, 7) is 3.80. The highest BCUT2D eigenvalue weighted by molar-refractivity contribution is 7.90. The maximum absolute atomic E-state index is 12.2. The first kappa shape index (κ1) is 32.9. The van der Waals surface area contributed by atoms with E-state index in [2.05, 4.69) is 11.2 Å². The third-order valence-electron chi connectivity index (χ3n) is 6.69. The fraction of sp³-hybridized carbons (Fsp3) is 0.438. The number of nitriles is 1. The second kappa shape index (κ2) is 15.1. The van der Waals surface area contributed by atoms with Crippen LogP contribution in [0.3, 0.4) is 0 Å². The van der Waals surface area contributed by atoms with Crippen molar-refractivity contribution in [3.05, 3.63) is 70.9 Å². The Kier molecular flexibility index (Phi) is 11.8. The van der Waals surface area contributed by atoms with Crippen LogP contribution in [0.2, 0.25) is 0 Å². The van der Waals surface area contributed by atoms with Gasteiger partial charge in [-0.25, -0.2) is 13.4 Å². The van der Waals surface area contributed by atoms with Gasteiger partial charge in [-0.05, 0) is 86.7 Å². The van der Waals surface area contributed by atoms with E-state index >= 15 is 0 Å². The fourth-order valence-corrected chi connectivity index (χ4v) is 5.23. The van der Waals surface area contributed by atoms with Crippen LogP contribution in [0.25, 0.3) is 6.08 Å². The molecule has 0 atom stereocenters. The third kappa shape index (κ3) is 10.7. The van der Waals surface area contributed by atoms with Crippen molar-refractivity contribution >= 4 is 27.8 Å². The summed E-state index contributed by atoms with van der Waals surface area (Å²) in [6, 6.07) is 12.7. The molecule has 2 aromatic carbocycles. The van der Waals surface area contributed by atoms with E-state index in [0.29, 0.717) is 29.0 Å². The Labute approximate surface area is 247 Å². The number of allylic oxidation sites excluding steroid dienone is 2. The van der Waals surface area contributed by atoms with Crippen molar-refractivity contribution in [3.8, 4) is 11.8 Å². The number of rotatable bonds is 14. The number of unbranched alkanes of at least 4 members (excludes halogenated alkanes) is 6. The van der Waals surface area contributed by atoms with Crippen molar-refractivity contribution in [2.24, 2.45) is 5.10 Å². The highest BCUT2D eigenvalue weighted by atomic mass is 32.2. The van der Waals surface area contributed by atoms with E-state index in [9.17, 15) is 26.9 Å². The molecule has 0 fully saturated rings. The minimum atomic E-state index is -4.06. The Morgan fingerprint density at radius 3 is 2.31 bits per heavy atom. The molecule has 1 aliphatic rings. The number of ether oxygens (including phenoxy) is 1. The van der Waals surface area contributed by atoms with Crippen molar-refractivity contribution in [2.45, 2.75) is 88.8 Å². The molecule has 0 spiro atoms. The summed E-state index contributed by atoms with van der Waals surface area (Å²) < 4.78 is 66.6. The minimum Gasteiger partial charge on any atom is -0.490 e. The minimum absolute atomic E-state index is 0.0887. The van der Waals surface area contributed by atoms with Crippen LogP contribution in [0, 0.1) is 11.3 Å². The quantitative estimate of drug-likeness (QED) is 0.203. The molecule has 0 aliphatic carbocycles. The molecular weight excluding hydrogens is 563 g/mol. The van der Waals surface area contributed by atoms with Gasteiger partial charge in [0, 0.05) is 24.4 Å². The number of anilines is 1. The fourth-order valence-electron chi connectivity index (χ4n) is 4.57. The molecule has 1 aliphatic heterocycles. The van der Waals surface area contributed by atoms with Gasteiger partial charge in [-0.15, -0.1) is 0 Å². The number of hydrogen-bond donors (Lipinski definition) is 0. The Hall–Kier alpha value is -3.58. The average molecular weight is 602 g/mol. The number of alkyl halides is 3. The van der Waals surface area contributed by atoms with Crippen molar-refractivity contribution in [2.75, 3.05) is 11.3 Å². The predicted octanol–water partition coefficient (Wildman–Crippen LogP) is 8.38. The van der Waals surface area contributed by atoms with Gasteiger partial charge in [0.1, 0.15) is 11.8 Å². The maximum Gasteiger partial charge on any atom is 0.389 e. The largest absolute Gasteiger partial charge is 0.490 e. The average Bonchev–Trinajstić information content (AvgIpc) is 2.92. The SMILES string of the molecule is CC(C)Oc1ccc(S(C)(=O)=O)cc1C=C1C=CN(c2ccc(CCCCCCCCCC(F)(F)F)cc2C#N)N=C1. The first-order valence-corrected chi connectivity index (χ1v) is 16.1. The predicted molar refractivity (Wildman–Crippen MR) is 161 cm³/mol. The van der Waals surface area contributed by atoms with Gasteiger partial charge in [0.15, 0.2) is 9.84 Å². The second-order valence-electron chi connectivity index (χ2n) is 10.7. The lowest BCUT2D eigenvalue weighted by Crippen LogP contribution is -2.13. The van der Waals surface area contributed by atoms with E-state index in [1.807, 2.05) is 38.1 Å². The summed E-state index contributed by atoms with van der Waals surface area (Å²) >= 11 is 0. The van der Waals surface area contributed by atoms with Gasteiger partial charge in [-0.2, -0.15) is 23.5 Å². The number of sulfone groups is 1. The van der Waals surface area contributed by atoms with E-state index in [1.54, 1.807) is 35.6 Å². The van der Waals surface area contributed by atoms with Crippen LogP contribution in [0.15, 0.2) is 64.2 Å². The number of benzene rings is 2. The van der Waals surface area contributed by atoms with Gasteiger partial charge in [0.05, 0.1) is 28.5 Å². The molecule has 10 heteroatoms. The molecule has 0 amide bonds. The summed E-state index contributed by atoms with van der Waals surface area (Å²) in [4.78, 5) is 0.197. The van der Waals surface area contributed by atoms with Crippen LogP contribution < -0.4 is 9.75 Å². The number of nitrogens with zero attached hydrogens (tertiary/aromatic N) is 3. The normalized spacial score (nSPS) is 14.5. The highest BCUT2D eigenvalue weighted by Gasteiger charge is 2.25. The molecular formula is C32H38F3N3O3S. The van der Waals surface area contributed by atoms with Crippen LogP contribution >= 0.6 is 0 Å². The first-order chi connectivity index (χ1) is 19.9. The maximum atomic E-state index is 12.2. The van der Waals surface area contributed by atoms with Gasteiger partial charge in [-0.3, -0.25) is 0 Å². The molecule has 226 valence electrons. The van der Waals surface area contributed by atoms with E-state index in [4.69, 9.17) is 4.74 Å². The summed E-state index contributed by atoms with van der Waals surface area (Å²) in [5.74, 6) is 0.567. The topological polar surface area (TPSA) is 82.8 Å². The van der Waals surface area contributed by atoms with E-state index < -0.39 is 22.4 Å². The number of hydrogen-bond acceptors (Lipinski definition) is 6. The lowest BCUT2D eigenvalue weighted by atomic mass is 10.0. The standard InChI is InChI=1S/C32H38F3N3O3S/c1-24(2)41-31-15-13-29(42(3,39)40)21-27(31)20-26-16-18-38(37-23-26)30-14-12-25(19-28(30)22-36)11-9-7-5-4-6-8-10-17-32(33,34)35/h12-16,18-21,23-24H,4-11,17H2,1-3H3. The second-order valence-corrected chi connectivity index (χ2v) is 12.8. The number of halogens is 3. The number of hydrazone groups is 1. The third-order valence-corrected chi connectivity index (χ3v) is 7.80. The summed E-state index contributed by atoms with van der Waals surface area (Å²) in [5, 5.41) is 15.9. The Morgan fingerprint density at radius 2 is 1.71 bits per heavy atom. The summed E-state index contributed by atoms with van der Waals surface area (Å²) in [5.41, 5.74) is 3.56. The van der Waals surface area contributed by atoms with Crippen molar-refractivity contribution in [3.63, 3.8) is 0 Å². The lowest BCUT2D eigenvalue weighted by Gasteiger charge is -2.19. The molecule has 0 bridgehead atoms. The zero-order chi connectivity index (χ0) is 30.8. The van der Waals surface area contributed by atoms with Gasteiger partial charge in [-0.1, -0.05) is 38.2 Å². The summed E-state index contributed by atoms with van der Waals surface area (Å²) in [6.07, 6.45) is 9.68. The Bertz CT molecular complexity index is 1440. The van der Waals surface area contributed by atoms with Crippen molar-refractivity contribution in [1.82, 2.24) is 0 Å². The van der Waals surface area contributed by atoms with E-state index in [0.717, 1.165) is 55.9 Å². The highest BCUT2D eigenvalue weighted by Crippen LogP contribution is 2.29. The van der Waals surface area contributed by atoms with Gasteiger partial charge < -0.3 is 4.74 Å². The molecule has 1 heterocycles. The lowest BCUT2D eigenvalue weighted by molar-refractivity contribution is -0.135. The summed E-state index contributed by atoms with van der Waals surface area (Å²) in [7, 11) is -3.39. The zero-order valence-electron chi connectivity index (χ0n) is 24.3.